The van der Waals surface area contributed by atoms with E-state index in [-0.39, 0.29) is 6.10 Å². The third kappa shape index (κ3) is 1.30. The van der Waals surface area contributed by atoms with Crippen LogP contribution >= 0.6 is 0 Å². The monoisotopic (exact) mass is 190 g/mol. The zero-order valence-corrected chi connectivity index (χ0v) is 8.69. The van der Waals surface area contributed by atoms with Crippen molar-refractivity contribution in [1.29, 1.82) is 0 Å². The van der Waals surface area contributed by atoms with E-state index in [1.807, 2.05) is 32.2 Å². The highest BCUT2D eigenvalue weighted by atomic mass is 16.5. The van der Waals surface area contributed by atoms with E-state index in [1.165, 1.54) is 0 Å². The summed E-state index contributed by atoms with van der Waals surface area (Å²) in [4.78, 5) is 4.52. The highest BCUT2D eigenvalue weighted by molar-refractivity contribution is 5.75. The number of aryl methyl sites for hydroxylation is 1. The van der Waals surface area contributed by atoms with Crippen LogP contribution in [0.1, 0.15) is 18.9 Å². The molecule has 0 fully saturated rings. The van der Waals surface area contributed by atoms with Crippen LogP contribution in [0.2, 0.25) is 0 Å². The minimum atomic E-state index is 0.0346. The molecular formula is C11H14N2O. The molecule has 0 radical (unpaired) electrons. The number of para-hydroxylation sites is 2. The van der Waals surface area contributed by atoms with Crippen molar-refractivity contribution in [3.8, 4) is 0 Å². The van der Waals surface area contributed by atoms with Gasteiger partial charge in [-0.15, -0.1) is 0 Å². The summed E-state index contributed by atoms with van der Waals surface area (Å²) >= 11 is 0. The fourth-order valence-corrected chi connectivity index (χ4v) is 1.63. The lowest BCUT2D eigenvalue weighted by atomic mass is 10.3. The number of aromatic nitrogens is 2. The van der Waals surface area contributed by atoms with Crippen molar-refractivity contribution in [1.82, 2.24) is 9.55 Å². The van der Waals surface area contributed by atoms with Gasteiger partial charge in [0.25, 0.3) is 0 Å². The summed E-state index contributed by atoms with van der Waals surface area (Å²) in [7, 11) is 3.71. The number of hydrogen-bond donors (Lipinski definition) is 0. The number of imidazole rings is 1. The van der Waals surface area contributed by atoms with Gasteiger partial charge in [0.2, 0.25) is 0 Å². The van der Waals surface area contributed by atoms with Gasteiger partial charge in [-0.05, 0) is 19.1 Å². The first kappa shape index (κ1) is 9.21. The highest BCUT2D eigenvalue weighted by Crippen LogP contribution is 2.20. The first-order chi connectivity index (χ1) is 6.74. The topological polar surface area (TPSA) is 27.1 Å². The van der Waals surface area contributed by atoms with E-state index >= 15 is 0 Å². The van der Waals surface area contributed by atoms with E-state index in [2.05, 4.69) is 15.6 Å². The fourth-order valence-electron chi connectivity index (χ4n) is 1.63. The molecule has 1 atom stereocenters. The quantitative estimate of drug-likeness (QED) is 0.726. The normalized spacial score (nSPS) is 13.4. The second-order valence-corrected chi connectivity index (χ2v) is 3.40. The summed E-state index contributed by atoms with van der Waals surface area (Å²) in [6.07, 6.45) is 0.0346. The van der Waals surface area contributed by atoms with Crippen molar-refractivity contribution in [2.45, 2.75) is 13.0 Å². The van der Waals surface area contributed by atoms with E-state index in [0.29, 0.717) is 0 Å². The smallest absolute Gasteiger partial charge is 0.138 e. The van der Waals surface area contributed by atoms with E-state index in [1.54, 1.807) is 7.11 Å². The van der Waals surface area contributed by atoms with E-state index in [4.69, 9.17) is 4.74 Å². The second kappa shape index (κ2) is 3.42. The molecule has 0 amide bonds. The van der Waals surface area contributed by atoms with E-state index < -0.39 is 0 Å². The highest BCUT2D eigenvalue weighted by Gasteiger charge is 2.12. The van der Waals surface area contributed by atoms with Gasteiger partial charge in [0.15, 0.2) is 0 Å². The Bertz CT molecular complexity index is 447. The van der Waals surface area contributed by atoms with Crippen LogP contribution in [-0.4, -0.2) is 16.7 Å². The van der Waals surface area contributed by atoms with Gasteiger partial charge in [0.1, 0.15) is 11.9 Å². The molecule has 3 heteroatoms. The molecular weight excluding hydrogens is 176 g/mol. The molecule has 2 rings (SSSR count). The van der Waals surface area contributed by atoms with Gasteiger partial charge in [-0.2, -0.15) is 0 Å². The molecule has 1 unspecified atom stereocenters. The molecule has 0 saturated heterocycles. The maximum Gasteiger partial charge on any atom is 0.138 e. The van der Waals surface area contributed by atoms with Crippen LogP contribution in [0.3, 0.4) is 0 Å². The molecule has 0 bridgehead atoms. The molecule has 0 spiro atoms. The SMILES string of the molecule is COC(C)c1nc2ccccc2n1C. The molecule has 1 aromatic carbocycles. The van der Waals surface area contributed by atoms with Crippen molar-refractivity contribution < 1.29 is 4.74 Å². The lowest BCUT2D eigenvalue weighted by Gasteiger charge is -2.08. The zero-order valence-electron chi connectivity index (χ0n) is 8.69. The predicted molar refractivity (Wildman–Crippen MR) is 56.1 cm³/mol. The Morgan fingerprint density at radius 2 is 2.07 bits per heavy atom. The van der Waals surface area contributed by atoms with Crippen LogP contribution in [0.25, 0.3) is 11.0 Å². The summed E-state index contributed by atoms with van der Waals surface area (Å²) in [5.41, 5.74) is 2.17. The van der Waals surface area contributed by atoms with Crippen LogP contribution in [0, 0.1) is 0 Å². The Kier molecular flexibility index (Phi) is 2.25. The largest absolute Gasteiger partial charge is 0.374 e. The molecule has 0 aliphatic carbocycles. The summed E-state index contributed by atoms with van der Waals surface area (Å²) < 4.78 is 7.34. The summed E-state index contributed by atoms with van der Waals surface area (Å²) in [5.74, 6) is 0.966. The average Bonchev–Trinajstić information content (AvgIpc) is 2.56. The number of methoxy groups -OCH3 is 1. The third-order valence-electron chi connectivity index (χ3n) is 2.54. The maximum atomic E-state index is 5.26. The molecule has 0 saturated carbocycles. The average molecular weight is 190 g/mol. The van der Waals surface area contributed by atoms with Gasteiger partial charge >= 0.3 is 0 Å². The molecule has 0 N–H and O–H groups in total. The van der Waals surface area contributed by atoms with Crippen LogP contribution in [0.5, 0.6) is 0 Å². The molecule has 74 valence electrons. The summed E-state index contributed by atoms with van der Waals surface area (Å²) in [6.45, 7) is 2.00. The Morgan fingerprint density at radius 1 is 1.36 bits per heavy atom. The number of hydrogen-bond acceptors (Lipinski definition) is 2. The minimum absolute atomic E-state index is 0.0346. The van der Waals surface area contributed by atoms with Crippen molar-refractivity contribution in [3.63, 3.8) is 0 Å². The van der Waals surface area contributed by atoms with Crippen molar-refractivity contribution in [2.24, 2.45) is 7.05 Å². The van der Waals surface area contributed by atoms with Gasteiger partial charge in [0.05, 0.1) is 11.0 Å². The van der Waals surface area contributed by atoms with Crippen molar-refractivity contribution in [2.75, 3.05) is 7.11 Å². The van der Waals surface area contributed by atoms with Crippen LogP contribution in [-0.2, 0) is 11.8 Å². The zero-order chi connectivity index (χ0) is 10.1. The Labute approximate surface area is 83.3 Å². The van der Waals surface area contributed by atoms with Gasteiger partial charge in [-0.3, -0.25) is 0 Å². The Hall–Kier alpha value is -1.35. The fraction of sp³-hybridized carbons (Fsp3) is 0.364. The van der Waals surface area contributed by atoms with Crippen molar-refractivity contribution in [3.05, 3.63) is 30.1 Å². The number of rotatable bonds is 2. The number of benzene rings is 1. The summed E-state index contributed by atoms with van der Waals surface area (Å²) in [5, 5.41) is 0. The third-order valence-corrected chi connectivity index (χ3v) is 2.54. The van der Waals surface area contributed by atoms with E-state index in [0.717, 1.165) is 16.9 Å². The molecule has 1 heterocycles. The molecule has 0 aliphatic rings. The summed E-state index contributed by atoms with van der Waals surface area (Å²) in [6, 6.07) is 8.09. The molecule has 2 aromatic rings. The van der Waals surface area contributed by atoms with Crippen molar-refractivity contribution >= 4 is 11.0 Å². The predicted octanol–water partition coefficient (Wildman–Crippen LogP) is 2.28. The van der Waals surface area contributed by atoms with E-state index in [9.17, 15) is 0 Å². The number of nitrogens with zero attached hydrogens (tertiary/aromatic N) is 2. The lowest BCUT2D eigenvalue weighted by molar-refractivity contribution is 0.110. The van der Waals surface area contributed by atoms with Crippen LogP contribution in [0.15, 0.2) is 24.3 Å². The molecule has 1 aromatic heterocycles. The lowest BCUT2D eigenvalue weighted by Crippen LogP contribution is -2.04. The Morgan fingerprint density at radius 3 is 2.71 bits per heavy atom. The van der Waals surface area contributed by atoms with Gasteiger partial charge in [-0.1, -0.05) is 12.1 Å². The minimum Gasteiger partial charge on any atom is -0.374 e. The number of fused-ring (bicyclic) bond motifs is 1. The second-order valence-electron chi connectivity index (χ2n) is 3.40. The molecule has 0 aliphatic heterocycles. The first-order valence-corrected chi connectivity index (χ1v) is 4.68. The number of ether oxygens (including phenoxy) is 1. The van der Waals surface area contributed by atoms with Gasteiger partial charge in [0, 0.05) is 14.2 Å². The first-order valence-electron chi connectivity index (χ1n) is 4.68. The Balaban J connectivity index is 2.62. The molecule has 3 nitrogen and oxygen atoms in total. The van der Waals surface area contributed by atoms with Crippen LogP contribution < -0.4 is 0 Å². The molecule has 14 heavy (non-hydrogen) atoms. The van der Waals surface area contributed by atoms with Crippen LogP contribution in [0.4, 0.5) is 0 Å². The standard InChI is InChI=1S/C11H14N2O/c1-8(14-3)11-12-9-6-4-5-7-10(9)13(11)2/h4-8H,1-3H3. The van der Waals surface area contributed by atoms with Gasteiger partial charge < -0.3 is 9.30 Å². The maximum absolute atomic E-state index is 5.26. The van der Waals surface area contributed by atoms with Gasteiger partial charge in [-0.25, -0.2) is 4.98 Å².